The van der Waals surface area contributed by atoms with Gasteiger partial charge in [0.05, 0.1) is 10.4 Å². The van der Waals surface area contributed by atoms with E-state index in [1.54, 1.807) is 6.20 Å². The van der Waals surface area contributed by atoms with E-state index in [9.17, 15) is 0 Å². The van der Waals surface area contributed by atoms with Crippen LogP contribution in [0.3, 0.4) is 0 Å². The van der Waals surface area contributed by atoms with Crippen molar-refractivity contribution in [1.29, 1.82) is 0 Å². The van der Waals surface area contributed by atoms with Crippen LogP contribution in [0.2, 0.25) is 0 Å². The maximum absolute atomic E-state index is 9.03. The largest absolute Gasteiger partial charge is 0.392 e. The molecule has 0 fully saturated rings. The van der Waals surface area contributed by atoms with Gasteiger partial charge in [0, 0.05) is 17.1 Å². The Hall–Kier alpha value is -0.520. The number of hydrogen-bond acceptors (Lipinski definition) is 4. The minimum absolute atomic E-state index is 0.0218. The molecule has 0 atom stereocenters. The maximum Gasteiger partial charge on any atom is 0.128 e. The quantitative estimate of drug-likeness (QED) is 0.835. The molecule has 3 nitrogen and oxygen atoms in total. The second-order valence-electron chi connectivity index (χ2n) is 2.25. The molecular formula is C7H5BrN2OS. The topological polar surface area (TPSA) is 46.0 Å². The standard InChI is InChI=1S/C7H5BrN2OS/c8-6-5(2-11)4-1-9-3-10-7(4)12-6/h1,3,11H,2H2. The van der Waals surface area contributed by atoms with Crippen molar-refractivity contribution in [3.05, 3.63) is 21.9 Å². The fourth-order valence-electron chi connectivity index (χ4n) is 1.01. The fourth-order valence-corrected chi connectivity index (χ4v) is 2.66. The Morgan fingerprint density at radius 1 is 1.58 bits per heavy atom. The van der Waals surface area contributed by atoms with Gasteiger partial charge in [0.25, 0.3) is 0 Å². The molecule has 62 valence electrons. The first kappa shape index (κ1) is 8.10. The molecule has 12 heavy (non-hydrogen) atoms. The Morgan fingerprint density at radius 2 is 2.42 bits per heavy atom. The van der Waals surface area contributed by atoms with Crippen LogP contribution >= 0.6 is 27.3 Å². The van der Waals surface area contributed by atoms with E-state index in [-0.39, 0.29) is 6.61 Å². The summed E-state index contributed by atoms with van der Waals surface area (Å²) >= 11 is 4.87. The highest BCUT2D eigenvalue weighted by Gasteiger charge is 2.09. The lowest BCUT2D eigenvalue weighted by Crippen LogP contribution is -1.82. The Morgan fingerprint density at radius 3 is 3.17 bits per heavy atom. The summed E-state index contributed by atoms with van der Waals surface area (Å²) in [5, 5.41) is 9.95. The monoisotopic (exact) mass is 244 g/mol. The zero-order chi connectivity index (χ0) is 8.55. The number of halogens is 1. The predicted molar refractivity (Wildman–Crippen MR) is 51.0 cm³/mol. The molecule has 0 bridgehead atoms. The Bertz CT molecular complexity index is 415. The fraction of sp³-hybridized carbons (Fsp3) is 0.143. The third-order valence-corrected chi connectivity index (χ3v) is 3.49. The maximum atomic E-state index is 9.03. The van der Waals surface area contributed by atoms with Crippen molar-refractivity contribution < 1.29 is 5.11 Å². The van der Waals surface area contributed by atoms with Gasteiger partial charge in [-0.3, -0.25) is 0 Å². The molecule has 1 N–H and O–H groups in total. The van der Waals surface area contributed by atoms with Gasteiger partial charge < -0.3 is 5.11 Å². The molecule has 0 unspecified atom stereocenters. The van der Waals surface area contributed by atoms with E-state index in [0.717, 1.165) is 19.6 Å². The lowest BCUT2D eigenvalue weighted by molar-refractivity contribution is 0.283. The summed E-state index contributed by atoms with van der Waals surface area (Å²) in [7, 11) is 0. The third-order valence-electron chi connectivity index (χ3n) is 1.58. The highest BCUT2D eigenvalue weighted by Crippen LogP contribution is 2.33. The lowest BCUT2D eigenvalue weighted by atomic mass is 10.3. The van der Waals surface area contributed by atoms with Crippen LogP contribution in [0.4, 0.5) is 0 Å². The van der Waals surface area contributed by atoms with Crippen LogP contribution in [0, 0.1) is 0 Å². The summed E-state index contributed by atoms with van der Waals surface area (Å²) in [4.78, 5) is 8.88. The highest BCUT2D eigenvalue weighted by molar-refractivity contribution is 9.11. The first-order chi connectivity index (χ1) is 5.83. The summed E-state index contributed by atoms with van der Waals surface area (Å²) in [6.07, 6.45) is 3.22. The number of nitrogens with zero attached hydrogens (tertiary/aromatic N) is 2. The van der Waals surface area contributed by atoms with Crippen molar-refractivity contribution in [2.45, 2.75) is 6.61 Å². The molecule has 0 aliphatic carbocycles. The molecule has 2 aromatic rings. The molecule has 0 spiro atoms. The Labute approximate surface area is 81.2 Å². The molecule has 0 amide bonds. The highest BCUT2D eigenvalue weighted by atomic mass is 79.9. The van der Waals surface area contributed by atoms with Crippen molar-refractivity contribution in [3.63, 3.8) is 0 Å². The van der Waals surface area contributed by atoms with E-state index in [1.165, 1.54) is 17.7 Å². The van der Waals surface area contributed by atoms with Gasteiger partial charge in [-0.15, -0.1) is 11.3 Å². The number of aliphatic hydroxyl groups excluding tert-OH is 1. The number of hydrogen-bond donors (Lipinski definition) is 1. The van der Waals surface area contributed by atoms with Crippen molar-refractivity contribution in [1.82, 2.24) is 9.97 Å². The summed E-state index contributed by atoms with van der Waals surface area (Å²) < 4.78 is 0.931. The molecule has 0 aliphatic heterocycles. The van der Waals surface area contributed by atoms with Crippen LogP contribution in [0.15, 0.2) is 16.3 Å². The van der Waals surface area contributed by atoms with Gasteiger partial charge in [-0.05, 0) is 15.9 Å². The number of aliphatic hydroxyl groups is 1. The molecule has 0 saturated carbocycles. The number of thiophene rings is 1. The van der Waals surface area contributed by atoms with E-state index in [4.69, 9.17) is 5.11 Å². The zero-order valence-electron chi connectivity index (χ0n) is 5.99. The lowest BCUT2D eigenvalue weighted by Gasteiger charge is -1.91. The summed E-state index contributed by atoms with van der Waals surface area (Å²) in [6.45, 7) is 0.0218. The molecule has 2 heterocycles. The second kappa shape index (κ2) is 3.08. The van der Waals surface area contributed by atoms with E-state index >= 15 is 0 Å². The van der Waals surface area contributed by atoms with E-state index in [2.05, 4.69) is 25.9 Å². The van der Waals surface area contributed by atoms with Crippen molar-refractivity contribution >= 4 is 37.5 Å². The van der Waals surface area contributed by atoms with Crippen molar-refractivity contribution in [2.75, 3.05) is 0 Å². The van der Waals surface area contributed by atoms with Crippen LogP contribution in [-0.4, -0.2) is 15.1 Å². The third kappa shape index (κ3) is 1.14. The smallest absolute Gasteiger partial charge is 0.128 e. The van der Waals surface area contributed by atoms with Crippen molar-refractivity contribution in [2.24, 2.45) is 0 Å². The molecule has 5 heteroatoms. The van der Waals surface area contributed by atoms with Gasteiger partial charge in [-0.2, -0.15) is 0 Å². The molecule has 2 rings (SSSR count). The molecule has 0 aromatic carbocycles. The van der Waals surface area contributed by atoms with Gasteiger partial charge >= 0.3 is 0 Å². The normalized spacial score (nSPS) is 10.8. The van der Waals surface area contributed by atoms with Gasteiger partial charge in [-0.1, -0.05) is 0 Å². The second-order valence-corrected chi connectivity index (χ2v) is 4.57. The molecule has 0 radical (unpaired) electrons. The minimum Gasteiger partial charge on any atom is -0.392 e. The molecule has 2 aromatic heterocycles. The number of rotatable bonds is 1. The van der Waals surface area contributed by atoms with Gasteiger partial charge in [0.1, 0.15) is 11.2 Å². The zero-order valence-corrected chi connectivity index (χ0v) is 8.39. The Balaban J connectivity index is 2.81. The van der Waals surface area contributed by atoms with Gasteiger partial charge in [0.15, 0.2) is 0 Å². The number of fused-ring (bicyclic) bond motifs is 1. The van der Waals surface area contributed by atoms with E-state index in [0.29, 0.717) is 0 Å². The molecule has 0 aliphatic rings. The molecular weight excluding hydrogens is 240 g/mol. The number of aromatic nitrogens is 2. The van der Waals surface area contributed by atoms with Crippen LogP contribution in [0.25, 0.3) is 10.2 Å². The first-order valence-electron chi connectivity index (χ1n) is 3.30. The van der Waals surface area contributed by atoms with Crippen LogP contribution < -0.4 is 0 Å². The first-order valence-corrected chi connectivity index (χ1v) is 4.91. The Kier molecular flexibility index (Phi) is 2.08. The average Bonchev–Trinajstić information content (AvgIpc) is 2.40. The van der Waals surface area contributed by atoms with Gasteiger partial charge in [-0.25, -0.2) is 9.97 Å². The SMILES string of the molecule is OCc1c(Br)sc2ncncc12. The summed E-state index contributed by atoms with van der Waals surface area (Å²) in [6, 6.07) is 0. The van der Waals surface area contributed by atoms with Crippen LogP contribution in [0.5, 0.6) is 0 Å². The van der Waals surface area contributed by atoms with Crippen LogP contribution in [-0.2, 0) is 6.61 Å². The minimum atomic E-state index is 0.0218. The van der Waals surface area contributed by atoms with E-state index < -0.39 is 0 Å². The predicted octanol–water partition coefficient (Wildman–Crippen LogP) is 1.95. The summed E-state index contributed by atoms with van der Waals surface area (Å²) in [5.41, 5.74) is 0.871. The molecule has 0 saturated heterocycles. The van der Waals surface area contributed by atoms with Crippen molar-refractivity contribution in [3.8, 4) is 0 Å². The average molecular weight is 245 g/mol. The van der Waals surface area contributed by atoms with E-state index in [1.807, 2.05) is 0 Å². The summed E-state index contributed by atoms with van der Waals surface area (Å²) in [5.74, 6) is 0. The van der Waals surface area contributed by atoms with Crippen LogP contribution in [0.1, 0.15) is 5.56 Å². The van der Waals surface area contributed by atoms with Gasteiger partial charge in [0.2, 0.25) is 0 Å².